The van der Waals surface area contributed by atoms with E-state index in [1.54, 1.807) is 28.4 Å². The van der Waals surface area contributed by atoms with Gasteiger partial charge in [0, 0.05) is 73.7 Å². The average Bonchev–Trinajstić information content (AvgIpc) is 3.08. The van der Waals surface area contributed by atoms with E-state index in [9.17, 15) is 0 Å². The Kier molecular flexibility index (Phi) is 16.5. The molecule has 0 fully saturated rings. The predicted octanol–water partition coefficient (Wildman–Crippen LogP) is 21.0. The SMILES string of the molecule is COc1ccc(N(C2=CCC(C)(c3ccc(N(c4ccc(OC)cc4)c4ccc(-c5ccc(N(c6ccc(C)cc6)c6ccc(OC)cc6)cc5)cc4)cc3)C=C2)c2ccc(-c3ccc(N(c4ccc(C)cc4)c4ccc(OC)cc4)cc3)cc2)cc1. The molecule has 0 N–H and O–H groups in total. The highest BCUT2D eigenvalue weighted by molar-refractivity contribution is 5.83. The van der Waals surface area contributed by atoms with Crippen LogP contribution >= 0.6 is 0 Å². The number of nitrogens with zero attached hydrogens (tertiary/aromatic N) is 4. The molecule has 8 nitrogen and oxygen atoms in total. The first-order valence-corrected chi connectivity index (χ1v) is 29.4. The number of hydrogen-bond donors (Lipinski definition) is 0. The van der Waals surface area contributed by atoms with E-state index in [2.05, 4.69) is 277 Å². The number of ether oxygens (including phenoxy) is 4. The molecule has 430 valence electrons. The molecule has 0 bridgehead atoms. The Morgan fingerprint density at radius 2 is 0.494 bits per heavy atom. The van der Waals surface area contributed by atoms with Gasteiger partial charge in [-0.25, -0.2) is 0 Å². The summed E-state index contributed by atoms with van der Waals surface area (Å²) in [6.07, 6.45) is 7.81. The molecule has 11 aromatic carbocycles. The van der Waals surface area contributed by atoms with Crippen molar-refractivity contribution in [2.24, 2.45) is 0 Å². The molecule has 0 saturated carbocycles. The van der Waals surface area contributed by atoms with Gasteiger partial charge in [-0.3, -0.25) is 0 Å². The average molecular weight is 1140 g/mol. The van der Waals surface area contributed by atoms with Gasteiger partial charge < -0.3 is 38.5 Å². The minimum atomic E-state index is -0.250. The van der Waals surface area contributed by atoms with Crippen molar-refractivity contribution < 1.29 is 18.9 Å². The lowest BCUT2D eigenvalue weighted by Gasteiger charge is -2.34. The topological polar surface area (TPSA) is 49.9 Å². The first-order valence-electron chi connectivity index (χ1n) is 29.4. The summed E-state index contributed by atoms with van der Waals surface area (Å²) in [6.45, 7) is 6.55. The lowest BCUT2D eigenvalue weighted by Crippen LogP contribution is -2.24. The van der Waals surface area contributed by atoms with Gasteiger partial charge in [-0.2, -0.15) is 0 Å². The van der Waals surface area contributed by atoms with Crippen molar-refractivity contribution in [1.29, 1.82) is 0 Å². The number of aryl methyl sites for hydroxylation is 2. The highest BCUT2D eigenvalue weighted by Crippen LogP contribution is 2.44. The zero-order chi connectivity index (χ0) is 59.9. The third-order valence-electron chi connectivity index (χ3n) is 16.5. The Morgan fingerprint density at radius 1 is 0.276 bits per heavy atom. The van der Waals surface area contributed by atoms with Gasteiger partial charge >= 0.3 is 0 Å². The van der Waals surface area contributed by atoms with Crippen LogP contribution in [0, 0.1) is 13.8 Å². The summed E-state index contributed by atoms with van der Waals surface area (Å²) >= 11 is 0. The highest BCUT2D eigenvalue weighted by atomic mass is 16.5. The van der Waals surface area contributed by atoms with Crippen LogP contribution in [0.25, 0.3) is 22.3 Å². The lowest BCUT2D eigenvalue weighted by molar-refractivity contribution is 0.414. The van der Waals surface area contributed by atoms with E-state index >= 15 is 0 Å². The third-order valence-corrected chi connectivity index (χ3v) is 16.5. The van der Waals surface area contributed by atoms with Crippen molar-refractivity contribution in [3.05, 3.63) is 308 Å². The molecular weight excluding hydrogens is 1070 g/mol. The Hall–Kier alpha value is -10.7. The summed E-state index contributed by atoms with van der Waals surface area (Å²) in [4.78, 5) is 9.18. The normalized spacial score (nSPS) is 13.5. The van der Waals surface area contributed by atoms with Gasteiger partial charge in [-0.15, -0.1) is 0 Å². The minimum Gasteiger partial charge on any atom is -0.497 e. The van der Waals surface area contributed by atoms with Gasteiger partial charge in [0.15, 0.2) is 0 Å². The molecule has 0 aliphatic heterocycles. The largest absolute Gasteiger partial charge is 0.497 e. The van der Waals surface area contributed by atoms with E-state index in [1.165, 1.54) is 16.7 Å². The van der Waals surface area contributed by atoms with Crippen molar-refractivity contribution in [3.63, 3.8) is 0 Å². The quantitative estimate of drug-likeness (QED) is 0.0794. The minimum absolute atomic E-state index is 0.250. The predicted molar refractivity (Wildman–Crippen MR) is 361 cm³/mol. The summed E-state index contributed by atoms with van der Waals surface area (Å²) in [6, 6.07) is 94.6. The van der Waals surface area contributed by atoms with Crippen LogP contribution in [0.4, 0.5) is 62.6 Å². The Balaban J connectivity index is 0.782. The summed E-state index contributed by atoms with van der Waals surface area (Å²) in [5.41, 5.74) is 20.7. The Labute approximate surface area is 512 Å². The number of anilines is 11. The zero-order valence-electron chi connectivity index (χ0n) is 50.3. The third kappa shape index (κ3) is 12.3. The van der Waals surface area contributed by atoms with E-state index in [-0.39, 0.29) is 5.41 Å². The van der Waals surface area contributed by atoms with Gasteiger partial charge in [0.05, 0.1) is 28.4 Å². The fraction of sp³-hybridized carbons (Fsp3) is 0.114. The van der Waals surface area contributed by atoms with Crippen LogP contribution in [0.1, 0.15) is 30.0 Å². The van der Waals surface area contributed by atoms with Crippen LogP contribution in [0.3, 0.4) is 0 Å². The molecule has 0 amide bonds. The van der Waals surface area contributed by atoms with Crippen LogP contribution in [0.2, 0.25) is 0 Å². The Bertz CT molecular complexity index is 4130. The molecule has 0 aromatic heterocycles. The van der Waals surface area contributed by atoms with Gasteiger partial charge in [0.1, 0.15) is 23.0 Å². The molecule has 0 saturated heterocycles. The molecule has 0 heterocycles. The van der Waals surface area contributed by atoms with Crippen molar-refractivity contribution >= 4 is 62.6 Å². The Morgan fingerprint density at radius 3 is 0.724 bits per heavy atom. The maximum absolute atomic E-state index is 5.60. The van der Waals surface area contributed by atoms with E-state index in [0.29, 0.717) is 0 Å². The van der Waals surface area contributed by atoms with E-state index in [1.807, 2.05) is 48.5 Å². The summed E-state index contributed by atoms with van der Waals surface area (Å²) in [5.74, 6) is 3.27. The van der Waals surface area contributed by atoms with Gasteiger partial charge in [-0.1, -0.05) is 115 Å². The van der Waals surface area contributed by atoms with E-state index in [4.69, 9.17) is 18.9 Å². The fourth-order valence-electron chi connectivity index (χ4n) is 11.4. The first-order chi connectivity index (χ1) is 42.6. The molecule has 1 unspecified atom stereocenters. The standard InChI is InChI=1S/C79H70N4O4/c1-56-8-22-63(23-9-56)80(70-36-44-75(84-4)45-37-70)65-26-12-58(13-27-65)60-16-30-67(31-17-60)82(72-40-48-77(86-6)49-41-72)69-34-20-62(21-35-69)79(3)54-52-74(53-55-79)83(73-42-50-78(87-7)51-43-73)68-32-18-61(19-33-68)59-14-28-66(29-15-59)81(64-24-10-57(2)11-25-64)71-38-46-76(85-5)47-39-71/h8-54H,55H2,1-7H3. The molecular formula is C79H70N4O4. The molecule has 1 atom stereocenters. The molecule has 87 heavy (non-hydrogen) atoms. The van der Waals surface area contributed by atoms with Crippen LogP contribution in [-0.4, -0.2) is 28.4 Å². The second-order valence-electron chi connectivity index (χ2n) is 22.1. The van der Waals surface area contributed by atoms with Crippen LogP contribution < -0.4 is 38.5 Å². The molecule has 1 aliphatic carbocycles. The fourth-order valence-corrected chi connectivity index (χ4v) is 11.4. The lowest BCUT2D eigenvalue weighted by atomic mass is 9.76. The van der Waals surface area contributed by atoms with Gasteiger partial charge in [-0.05, 0) is 236 Å². The first kappa shape index (κ1) is 56.8. The number of methoxy groups -OCH3 is 4. The molecule has 0 spiro atoms. The second kappa shape index (κ2) is 25.3. The number of allylic oxidation sites excluding steroid dienone is 3. The van der Waals surface area contributed by atoms with E-state index < -0.39 is 0 Å². The van der Waals surface area contributed by atoms with Gasteiger partial charge in [0.25, 0.3) is 0 Å². The molecule has 11 aromatic rings. The van der Waals surface area contributed by atoms with Crippen molar-refractivity contribution in [2.45, 2.75) is 32.6 Å². The van der Waals surface area contributed by atoms with Crippen LogP contribution in [-0.2, 0) is 5.41 Å². The summed E-state index contributed by atoms with van der Waals surface area (Å²) in [7, 11) is 6.80. The maximum atomic E-state index is 5.60. The monoisotopic (exact) mass is 1140 g/mol. The van der Waals surface area contributed by atoms with Gasteiger partial charge in [0.2, 0.25) is 0 Å². The smallest absolute Gasteiger partial charge is 0.119 e. The molecule has 12 rings (SSSR count). The number of hydrogen-bond acceptors (Lipinski definition) is 8. The maximum Gasteiger partial charge on any atom is 0.119 e. The van der Waals surface area contributed by atoms with Crippen molar-refractivity contribution in [2.75, 3.05) is 48.0 Å². The molecule has 1 aliphatic rings. The second-order valence-corrected chi connectivity index (χ2v) is 22.1. The zero-order valence-corrected chi connectivity index (χ0v) is 50.3. The van der Waals surface area contributed by atoms with Crippen molar-refractivity contribution in [3.8, 4) is 45.3 Å². The number of rotatable bonds is 19. The molecule has 8 heteroatoms. The summed E-state index contributed by atoms with van der Waals surface area (Å²) in [5, 5.41) is 0. The highest BCUT2D eigenvalue weighted by Gasteiger charge is 2.28. The summed E-state index contributed by atoms with van der Waals surface area (Å²) < 4.78 is 22.2. The van der Waals surface area contributed by atoms with Crippen LogP contribution in [0.15, 0.2) is 291 Å². The van der Waals surface area contributed by atoms with Crippen LogP contribution in [0.5, 0.6) is 23.0 Å². The van der Waals surface area contributed by atoms with E-state index in [0.717, 1.165) is 120 Å². The van der Waals surface area contributed by atoms with Crippen molar-refractivity contribution in [1.82, 2.24) is 0 Å². The molecule has 0 radical (unpaired) electrons. The number of benzene rings is 11.